The highest BCUT2D eigenvalue weighted by atomic mass is 19.1. The van der Waals surface area contributed by atoms with Gasteiger partial charge in [-0.05, 0) is 45.4 Å². The molecule has 17 heavy (non-hydrogen) atoms. The summed E-state index contributed by atoms with van der Waals surface area (Å²) in [7, 11) is 0. The van der Waals surface area contributed by atoms with E-state index in [1.165, 1.54) is 12.1 Å². The van der Waals surface area contributed by atoms with E-state index in [-0.39, 0.29) is 11.9 Å². The molecule has 96 valence electrons. The summed E-state index contributed by atoms with van der Waals surface area (Å²) >= 11 is 0. The highest BCUT2D eigenvalue weighted by molar-refractivity contribution is 5.19. The van der Waals surface area contributed by atoms with Gasteiger partial charge in [0, 0.05) is 24.7 Å². The molecule has 2 N–H and O–H groups in total. The summed E-state index contributed by atoms with van der Waals surface area (Å²) in [5, 5.41) is 0. The molecule has 0 heterocycles. The van der Waals surface area contributed by atoms with Crippen molar-refractivity contribution in [1.29, 1.82) is 0 Å². The molecule has 0 saturated carbocycles. The normalized spacial score (nSPS) is 13.7. The van der Waals surface area contributed by atoms with Crippen LogP contribution in [0.1, 0.15) is 39.3 Å². The third-order valence-electron chi connectivity index (χ3n) is 3.03. The lowest BCUT2D eigenvalue weighted by molar-refractivity contribution is 0.164. The lowest BCUT2D eigenvalue weighted by Crippen LogP contribution is -2.41. The molecule has 1 aromatic carbocycles. The van der Waals surface area contributed by atoms with Crippen LogP contribution in [-0.4, -0.2) is 23.5 Å². The Balaban J connectivity index is 2.70. The Bertz CT molecular complexity index is 325. The topological polar surface area (TPSA) is 29.3 Å². The Morgan fingerprint density at radius 2 is 1.53 bits per heavy atom. The molecular formula is C14H23FN2. The van der Waals surface area contributed by atoms with Gasteiger partial charge in [0.15, 0.2) is 0 Å². The third kappa shape index (κ3) is 4.10. The lowest BCUT2D eigenvalue weighted by atomic mass is 10.1. The van der Waals surface area contributed by atoms with E-state index >= 15 is 0 Å². The molecule has 0 aliphatic heterocycles. The quantitative estimate of drug-likeness (QED) is 0.854. The molecule has 3 heteroatoms. The van der Waals surface area contributed by atoms with E-state index in [1.54, 1.807) is 12.1 Å². The van der Waals surface area contributed by atoms with E-state index in [2.05, 4.69) is 32.6 Å². The molecule has 0 aromatic heterocycles. The minimum absolute atomic E-state index is 0.0691. The van der Waals surface area contributed by atoms with Gasteiger partial charge in [-0.1, -0.05) is 12.1 Å². The second-order valence-electron chi connectivity index (χ2n) is 5.04. The fourth-order valence-corrected chi connectivity index (χ4v) is 2.06. The number of rotatable bonds is 5. The Labute approximate surface area is 104 Å². The Morgan fingerprint density at radius 1 is 1.06 bits per heavy atom. The molecule has 1 unspecified atom stereocenters. The summed E-state index contributed by atoms with van der Waals surface area (Å²) < 4.78 is 12.8. The van der Waals surface area contributed by atoms with Crippen LogP contribution in [0.25, 0.3) is 0 Å². The van der Waals surface area contributed by atoms with Crippen molar-refractivity contribution in [2.75, 3.05) is 6.54 Å². The maximum absolute atomic E-state index is 12.8. The zero-order chi connectivity index (χ0) is 13.0. The molecule has 0 radical (unpaired) electrons. The first kappa shape index (κ1) is 14.1. The van der Waals surface area contributed by atoms with Gasteiger partial charge in [0.1, 0.15) is 5.82 Å². The van der Waals surface area contributed by atoms with Crippen LogP contribution >= 0.6 is 0 Å². The zero-order valence-electron chi connectivity index (χ0n) is 11.2. The number of hydrogen-bond donors (Lipinski definition) is 1. The average molecular weight is 238 g/mol. The summed E-state index contributed by atoms with van der Waals surface area (Å²) in [6.45, 7) is 9.45. The van der Waals surface area contributed by atoms with E-state index in [0.29, 0.717) is 12.1 Å². The van der Waals surface area contributed by atoms with Gasteiger partial charge >= 0.3 is 0 Å². The van der Waals surface area contributed by atoms with Crippen LogP contribution < -0.4 is 5.73 Å². The predicted molar refractivity (Wildman–Crippen MR) is 70.3 cm³/mol. The highest BCUT2D eigenvalue weighted by Crippen LogP contribution is 2.15. The number of nitrogens with two attached hydrogens (primary N) is 1. The molecule has 0 spiro atoms. The second-order valence-corrected chi connectivity index (χ2v) is 5.04. The predicted octanol–water partition coefficient (Wildman–Crippen LogP) is 2.94. The maximum atomic E-state index is 12.8. The van der Waals surface area contributed by atoms with E-state index < -0.39 is 0 Å². The summed E-state index contributed by atoms with van der Waals surface area (Å²) in [5.74, 6) is -0.217. The van der Waals surface area contributed by atoms with Gasteiger partial charge in [0.05, 0.1) is 0 Å². The van der Waals surface area contributed by atoms with Crippen LogP contribution in [0.15, 0.2) is 24.3 Å². The second kappa shape index (κ2) is 6.12. The average Bonchev–Trinajstić information content (AvgIpc) is 2.25. The number of benzene rings is 1. The molecule has 0 saturated heterocycles. The first-order chi connectivity index (χ1) is 7.91. The van der Waals surface area contributed by atoms with Crippen molar-refractivity contribution in [2.45, 2.75) is 45.8 Å². The van der Waals surface area contributed by atoms with Crippen LogP contribution in [0, 0.1) is 5.82 Å². The minimum Gasteiger partial charge on any atom is -0.323 e. The third-order valence-corrected chi connectivity index (χ3v) is 3.03. The van der Waals surface area contributed by atoms with Gasteiger partial charge in [-0.25, -0.2) is 4.39 Å². The molecule has 0 aliphatic carbocycles. The highest BCUT2D eigenvalue weighted by Gasteiger charge is 2.17. The molecule has 0 bridgehead atoms. The monoisotopic (exact) mass is 238 g/mol. The van der Waals surface area contributed by atoms with Crippen molar-refractivity contribution in [1.82, 2.24) is 4.90 Å². The van der Waals surface area contributed by atoms with E-state index in [4.69, 9.17) is 5.73 Å². The summed E-state index contributed by atoms with van der Waals surface area (Å²) in [4.78, 5) is 2.34. The Kier molecular flexibility index (Phi) is 5.09. The molecule has 2 nitrogen and oxygen atoms in total. The molecule has 1 rings (SSSR count). The molecule has 0 fully saturated rings. The van der Waals surface area contributed by atoms with Crippen molar-refractivity contribution in [2.24, 2.45) is 5.73 Å². The minimum atomic E-state index is -0.217. The van der Waals surface area contributed by atoms with Crippen molar-refractivity contribution in [3.05, 3.63) is 35.6 Å². The smallest absolute Gasteiger partial charge is 0.123 e. The molecular weight excluding hydrogens is 215 g/mol. The fourth-order valence-electron chi connectivity index (χ4n) is 2.06. The van der Waals surface area contributed by atoms with E-state index in [9.17, 15) is 4.39 Å². The summed E-state index contributed by atoms with van der Waals surface area (Å²) in [5.41, 5.74) is 7.14. The number of hydrogen-bond acceptors (Lipinski definition) is 2. The molecule has 1 aromatic rings. The number of nitrogens with zero attached hydrogens (tertiary/aromatic N) is 1. The van der Waals surface area contributed by atoms with E-state index in [0.717, 1.165) is 12.1 Å². The Morgan fingerprint density at radius 3 is 1.94 bits per heavy atom. The molecule has 0 amide bonds. The van der Waals surface area contributed by atoms with Gasteiger partial charge in [-0.15, -0.1) is 0 Å². The first-order valence-corrected chi connectivity index (χ1v) is 6.18. The Hall–Kier alpha value is -0.930. The largest absolute Gasteiger partial charge is 0.323 e. The van der Waals surface area contributed by atoms with Crippen molar-refractivity contribution in [3.63, 3.8) is 0 Å². The van der Waals surface area contributed by atoms with Gasteiger partial charge in [0.25, 0.3) is 0 Å². The van der Waals surface area contributed by atoms with Crippen molar-refractivity contribution >= 4 is 0 Å². The van der Waals surface area contributed by atoms with Crippen LogP contribution in [0.5, 0.6) is 0 Å². The lowest BCUT2D eigenvalue weighted by Gasteiger charge is -2.32. The first-order valence-electron chi connectivity index (χ1n) is 6.18. The van der Waals surface area contributed by atoms with Gasteiger partial charge in [0.2, 0.25) is 0 Å². The van der Waals surface area contributed by atoms with Crippen molar-refractivity contribution in [3.8, 4) is 0 Å². The van der Waals surface area contributed by atoms with E-state index in [1.807, 2.05) is 0 Å². The zero-order valence-corrected chi connectivity index (χ0v) is 11.2. The molecule has 0 aliphatic rings. The van der Waals surface area contributed by atoms with Crippen LogP contribution in [0.3, 0.4) is 0 Å². The standard InChI is InChI=1S/C14H23FN2/c1-10(2)17(11(3)4)9-14(16)12-5-7-13(15)8-6-12/h5-8,10-11,14H,9,16H2,1-4H3. The van der Waals surface area contributed by atoms with Gasteiger partial charge < -0.3 is 5.73 Å². The summed E-state index contributed by atoms with van der Waals surface area (Å²) in [6, 6.07) is 7.30. The fraction of sp³-hybridized carbons (Fsp3) is 0.571. The van der Waals surface area contributed by atoms with Crippen LogP contribution in [0.4, 0.5) is 4.39 Å². The van der Waals surface area contributed by atoms with Gasteiger partial charge in [-0.2, -0.15) is 0 Å². The van der Waals surface area contributed by atoms with Crippen molar-refractivity contribution < 1.29 is 4.39 Å². The summed E-state index contributed by atoms with van der Waals surface area (Å²) in [6.07, 6.45) is 0. The van der Waals surface area contributed by atoms with Crippen LogP contribution in [-0.2, 0) is 0 Å². The molecule has 1 atom stereocenters. The van der Waals surface area contributed by atoms with Crippen LogP contribution in [0.2, 0.25) is 0 Å². The maximum Gasteiger partial charge on any atom is 0.123 e. The van der Waals surface area contributed by atoms with Gasteiger partial charge in [-0.3, -0.25) is 4.90 Å². The number of halogens is 1. The SMILES string of the molecule is CC(C)N(CC(N)c1ccc(F)cc1)C(C)C.